The number of hydrogen-bond acceptors (Lipinski definition) is 4. The molecular weight excluding hydrogens is 182 g/mol. The first-order valence-electron chi connectivity index (χ1n) is 5.07. The van der Waals surface area contributed by atoms with E-state index in [1.165, 1.54) is 25.4 Å². The summed E-state index contributed by atoms with van der Waals surface area (Å²) in [6.07, 6.45) is 0. The third kappa shape index (κ3) is 4.86. The molecule has 0 aromatic rings. The average Bonchev–Trinajstić information content (AvgIpc) is 2.19. The van der Waals surface area contributed by atoms with Gasteiger partial charge in [-0.3, -0.25) is 4.90 Å². The molecule has 1 rings (SSSR count). The summed E-state index contributed by atoms with van der Waals surface area (Å²) in [4.78, 5) is 2.52. The second-order valence-corrected chi connectivity index (χ2v) is 5.06. The highest BCUT2D eigenvalue weighted by Gasteiger charge is 2.09. The Labute approximate surface area is 85.4 Å². The number of rotatable bonds is 5. The largest absolute Gasteiger partial charge is 0.329 e. The molecule has 1 aliphatic heterocycles. The summed E-state index contributed by atoms with van der Waals surface area (Å²) in [6, 6.07) is 0. The Morgan fingerprint density at radius 2 is 2.15 bits per heavy atom. The second kappa shape index (κ2) is 6.65. The van der Waals surface area contributed by atoms with Crippen LogP contribution < -0.4 is 11.1 Å². The van der Waals surface area contributed by atoms with Crippen LogP contribution in [0.25, 0.3) is 0 Å². The Bertz CT molecular complexity index is 126. The predicted molar refractivity (Wildman–Crippen MR) is 60.3 cm³/mol. The summed E-state index contributed by atoms with van der Waals surface area (Å²) in [5.41, 5.74) is 5.55. The fourth-order valence-electron chi connectivity index (χ4n) is 1.39. The molecule has 3 nitrogen and oxygen atoms in total. The van der Waals surface area contributed by atoms with Gasteiger partial charge in [0.15, 0.2) is 0 Å². The van der Waals surface area contributed by atoms with Gasteiger partial charge in [0.25, 0.3) is 0 Å². The second-order valence-electron chi connectivity index (χ2n) is 3.51. The monoisotopic (exact) mass is 203 g/mol. The van der Waals surface area contributed by atoms with Gasteiger partial charge in [0.2, 0.25) is 0 Å². The third-order valence-corrected chi connectivity index (χ3v) is 3.53. The zero-order chi connectivity index (χ0) is 9.52. The molecule has 1 saturated heterocycles. The van der Waals surface area contributed by atoms with Crippen molar-refractivity contribution in [2.45, 2.75) is 12.2 Å². The number of thioether (sulfide) groups is 1. The van der Waals surface area contributed by atoms with Crippen molar-refractivity contribution >= 4 is 11.8 Å². The van der Waals surface area contributed by atoms with E-state index < -0.39 is 0 Å². The Kier molecular flexibility index (Phi) is 5.78. The minimum atomic E-state index is 0.614. The molecule has 1 heterocycles. The molecule has 0 aromatic heterocycles. The zero-order valence-electron chi connectivity index (χ0n) is 8.46. The molecule has 78 valence electrons. The van der Waals surface area contributed by atoms with Crippen LogP contribution in [-0.2, 0) is 0 Å². The van der Waals surface area contributed by atoms with E-state index in [2.05, 4.69) is 17.1 Å². The lowest BCUT2D eigenvalue weighted by atomic mass is 10.4. The quantitative estimate of drug-likeness (QED) is 0.658. The SMILES string of the molecule is CC(CN)SCCN1CCNCC1. The summed E-state index contributed by atoms with van der Waals surface area (Å²) in [6.45, 7) is 8.93. The van der Waals surface area contributed by atoms with E-state index in [0.29, 0.717) is 5.25 Å². The third-order valence-electron chi connectivity index (χ3n) is 2.35. The molecule has 0 bridgehead atoms. The van der Waals surface area contributed by atoms with Crippen molar-refractivity contribution in [3.8, 4) is 0 Å². The number of nitrogens with two attached hydrogens (primary N) is 1. The van der Waals surface area contributed by atoms with E-state index in [9.17, 15) is 0 Å². The minimum Gasteiger partial charge on any atom is -0.329 e. The van der Waals surface area contributed by atoms with Gasteiger partial charge in [0, 0.05) is 50.3 Å². The van der Waals surface area contributed by atoms with Gasteiger partial charge in [0.1, 0.15) is 0 Å². The molecule has 0 aliphatic carbocycles. The van der Waals surface area contributed by atoms with E-state index >= 15 is 0 Å². The molecule has 3 N–H and O–H groups in total. The highest BCUT2D eigenvalue weighted by molar-refractivity contribution is 7.99. The van der Waals surface area contributed by atoms with Gasteiger partial charge in [-0.25, -0.2) is 0 Å². The van der Waals surface area contributed by atoms with Gasteiger partial charge < -0.3 is 11.1 Å². The van der Waals surface area contributed by atoms with Crippen LogP contribution >= 0.6 is 11.8 Å². The standard InChI is InChI=1S/C9H21N3S/c1-9(8-10)13-7-6-12-4-2-11-3-5-12/h9,11H,2-8,10H2,1H3. The predicted octanol–water partition coefficient (Wildman–Crippen LogP) is -0.0280. The summed E-state index contributed by atoms with van der Waals surface area (Å²) in [7, 11) is 0. The van der Waals surface area contributed by atoms with Gasteiger partial charge in [-0.2, -0.15) is 11.8 Å². The maximum Gasteiger partial charge on any atom is 0.0142 e. The average molecular weight is 203 g/mol. The lowest BCUT2D eigenvalue weighted by molar-refractivity contribution is 0.255. The lowest BCUT2D eigenvalue weighted by Crippen LogP contribution is -2.44. The normalized spacial score (nSPS) is 21.7. The number of hydrogen-bond donors (Lipinski definition) is 2. The van der Waals surface area contributed by atoms with Crippen molar-refractivity contribution in [1.29, 1.82) is 0 Å². The van der Waals surface area contributed by atoms with E-state index in [1.54, 1.807) is 0 Å². The summed E-state index contributed by atoms with van der Waals surface area (Å²) < 4.78 is 0. The van der Waals surface area contributed by atoms with Gasteiger partial charge in [-0.1, -0.05) is 6.92 Å². The fraction of sp³-hybridized carbons (Fsp3) is 1.00. The first-order chi connectivity index (χ1) is 6.33. The van der Waals surface area contributed by atoms with Crippen LogP contribution in [0.5, 0.6) is 0 Å². The maximum absolute atomic E-state index is 5.55. The Balaban J connectivity index is 1.98. The maximum atomic E-state index is 5.55. The zero-order valence-corrected chi connectivity index (χ0v) is 9.28. The van der Waals surface area contributed by atoms with Crippen molar-refractivity contribution in [2.75, 3.05) is 45.0 Å². The Morgan fingerprint density at radius 1 is 1.46 bits per heavy atom. The van der Waals surface area contributed by atoms with Gasteiger partial charge in [-0.15, -0.1) is 0 Å². The van der Waals surface area contributed by atoms with Crippen molar-refractivity contribution < 1.29 is 0 Å². The van der Waals surface area contributed by atoms with Crippen molar-refractivity contribution in [2.24, 2.45) is 5.73 Å². The van der Waals surface area contributed by atoms with E-state index in [4.69, 9.17) is 5.73 Å². The van der Waals surface area contributed by atoms with E-state index in [-0.39, 0.29) is 0 Å². The molecule has 13 heavy (non-hydrogen) atoms. The van der Waals surface area contributed by atoms with E-state index in [1.807, 2.05) is 11.8 Å². The highest BCUT2D eigenvalue weighted by atomic mass is 32.2. The van der Waals surface area contributed by atoms with Crippen LogP contribution in [0.15, 0.2) is 0 Å². The Hall–Kier alpha value is 0.230. The lowest BCUT2D eigenvalue weighted by Gasteiger charge is -2.27. The topological polar surface area (TPSA) is 41.3 Å². The first-order valence-corrected chi connectivity index (χ1v) is 6.12. The summed E-state index contributed by atoms with van der Waals surface area (Å²) in [5.74, 6) is 1.22. The van der Waals surface area contributed by atoms with Crippen LogP contribution in [0, 0.1) is 0 Å². The van der Waals surface area contributed by atoms with Crippen molar-refractivity contribution in [3.63, 3.8) is 0 Å². The van der Waals surface area contributed by atoms with Crippen LogP contribution in [0.3, 0.4) is 0 Å². The minimum absolute atomic E-state index is 0.614. The smallest absolute Gasteiger partial charge is 0.0142 e. The van der Waals surface area contributed by atoms with Crippen LogP contribution in [0.2, 0.25) is 0 Å². The molecule has 0 aromatic carbocycles. The highest BCUT2D eigenvalue weighted by Crippen LogP contribution is 2.08. The van der Waals surface area contributed by atoms with Gasteiger partial charge in [0.05, 0.1) is 0 Å². The molecule has 0 radical (unpaired) electrons. The molecule has 1 aliphatic rings. The Morgan fingerprint density at radius 3 is 2.77 bits per heavy atom. The van der Waals surface area contributed by atoms with Crippen molar-refractivity contribution in [3.05, 3.63) is 0 Å². The van der Waals surface area contributed by atoms with E-state index in [0.717, 1.165) is 19.6 Å². The summed E-state index contributed by atoms with van der Waals surface area (Å²) >= 11 is 1.98. The molecule has 0 amide bonds. The molecule has 0 saturated carbocycles. The molecular formula is C9H21N3S. The first kappa shape index (κ1) is 11.3. The van der Waals surface area contributed by atoms with Crippen LogP contribution in [0.1, 0.15) is 6.92 Å². The van der Waals surface area contributed by atoms with Gasteiger partial charge >= 0.3 is 0 Å². The molecule has 0 spiro atoms. The fourth-order valence-corrected chi connectivity index (χ4v) is 2.29. The number of nitrogens with zero attached hydrogens (tertiary/aromatic N) is 1. The molecule has 4 heteroatoms. The summed E-state index contributed by atoms with van der Waals surface area (Å²) in [5, 5.41) is 3.97. The van der Waals surface area contributed by atoms with Crippen LogP contribution in [0.4, 0.5) is 0 Å². The number of piperazine rings is 1. The molecule has 1 atom stereocenters. The van der Waals surface area contributed by atoms with Crippen molar-refractivity contribution in [1.82, 2.24) is 10.2 Å². The van der Waals surface area contributed by atoms with Crippen LogP contribution in [-0.4, -0.2) is 55.2 Å². The molecule has 1 fully saturated rings. The molecule has 1 unspecified atom stereocenters. The van der Waals surface area contributed by atoms with Gasteiger partial charge in [-0.05, 0) is 0 Å². The number of nitrogens with one attached hydrogen (secondary N) is 1.